The summed E-state index contributed by atoms with van der Waals surface area (Å²) in [6.07, 6.45) is 4.00. The number of hydrogen-bond donors (Lipinski definition) is 1. The Labute approximate surface area is 131 Å². The number of benzene rings is 1. The summed E-state index contributed by atoms with van der Waals surface area (Å²) in [6.45, 7) is 5.66. The lowest BCUT2D eigenvalue weighted by Crippen LogP contribution is -2.35. The minimum absolute atomic E-state index is 0.660. The van der Waals surface area contributed by atoms with Gasteiger partial charge in [-0.15, -0.1) is 11.3 Å². The SMILES string of the molecule is CC1CC(C)CC(NCc2nc(-c3ccccc3)cs2)C1. The number of nitrogens with one attached hydrogen (secondary N) is 1. The Morgan fingerprint density at radius 2 is 1.81 bits per heavy atom. The maximum Gasteiger partial charge on any atom is 0.107 e. The fourth-order valence-electron chi connectivity index (χ4n) is 3.48. The highest BCUT2D eigenvalue weighted by atomic mass is 32.1. The molecule has 1 aromatic carbocycles. The van der Waals surface area contributed by atoms with Gasteiger partial charge in [-0.05, 0) is 31.1 Å². The number of aromatic nitrogens is 1. The Bertz CT molecular complexity index is 554. The summed E-state index contributed by atoms with van der Waals surface area (Å²) < 4.78 is 0. The summed E-state index contributed by atoms with van der Waals surface area (Å²) in [5.41, 5.74) is 2.31. The molecule has 1 heterocycles. The molecule has 1 aliphatic rings. The van der Waals surface area contributed by atoms with E-state index in [0.29, 0.717) is 6.04 Å². The first kappa shape index (κ1) is 14.7. The molecule has 2 atom stereocenters. The maximum absolute atomic E-state index is 4.76. The Morgan fingerprint density at radius 3 is 2.52 bits per heavy atom. The minimum atomic E-state index is 0.660. The van der Waals surface area contributed by atoms with Crippen LogP contribution in [0.3, 0.4) is 0 Å². The third-order valence-corrected chi connectivity index (χ3v) is 5.19. The molecule has 2 nitrogen and oxygen atoms in total. The van der Waals surface area contributed by atoms with E-state index in [9.17, 15) is 0 Å². The van der Waals surface area contributed by atoms with Crippen LogP contribution in [0, 0.1) is 11.8 Å². The fraction of sp³-hybridized carbons (Fsp3) is 0.500. The molecule has 2 aromatic rings. The average molecular weight is 300 g/mol. The van der Waals surface area contributed by atoms with E-state index in [-0.39, 0.29) is 0 Å². The molecule has 0 radical (unpaired) electrons. The Kier molecular flexibility index (Phi) is 4.71. The summed E-state index contributed by atoms with van der Waals surface area (Å²) in [5, 5.41) is 7.07. The van der Waals surface area contributed by atoms with Gasteiger partial charge in [0.05, 0.1) is 5.69 Å². The summed E-state index contributed by atoms with van der Waals surface area (Å²) >= 11 is 1.76. The predicted octanol–water partition coefficient (Wildman–Crippen LogP) is 4.72. The van der Waals surface area contributed by atoms with E-state index in [0.717, 1.165) is 24.1 Å². The van der Waals surface area contributed by atoms with Gasteiger partial charge in [0, 0.05) is 23.5 Å². The minimum Gasteiger partial charge on any atom is -0.308 e. The molecule has 21 heavy (non-hydrogen) atoms. The molecule has 0 amide bonds. The van der Waals surface area contributed by atoms with Gasteiger partial charge < -0.3 is 5.32 Å². The topological polar surface area (TPSA) is 24.9 Å². The van der Waals surface area contributed by atoms with Crippen LogP contribution in [0.2, 0.25) is 0 Å². The van der Waals surface area contributed by atoms with E-state index in [1.807, 2.05) is 6.07 Å². The van der Waals surface area contributed by atoms with Gasteiger partial charge >= 0.3 is 0 Å². The van der Waals surface area contributed by atoms with Gasteiger partial charge in [0.2, 0.25) is 0 Å². The number of thiazole rings is 1. The summed E-state index contributed by atoms with van der Waals surface area (Å²) in [5.74, 6) is 1.70. The number of nitrogens with zero attached hydrogens (tertiary/aromatic N) is 1. The average Bonchev–Trinajstić information content (AvgIpc) is 2.94. The lowest BCUT2D eigenvalue weighted by Gasteiger charge is -2.31. The van der Waals surface area contributed by atoms with Gasteiger partial charge in [-0.1, -0.05) is 44.2 Å². The van der Waals surface area contributed by atoms with Gasteiger partial charge in [-0.2, -0.15) is 0 Å². The van der Waals surface area contributed by atoms with Gasteiger partial charge in [0.25, 0.3) is 0 Å². The Hall–Kier alpha value is -1.19. The van der Waals surface area contributed by atoms with E-state index in [1.165, 1.54) is 29.8 Å². The third-order valence-electron chi connectivity index (χ3n) is 4.34. The third kappa shape index (κ3) is 3.92. The molecule has 1 aliphatic carbocycles. The standard InChI is InChI=1S/C18H24N2S/c1-13-8-14(2)10-16(9-13)19-11-18-20-17(12-21-18)15-6-4-3-5-7-15/h3-7,12-14,16,19H,8-11H2,1-2H3. The Morgan fingerprint density at radius 1 is 1.10 bits per heavy atom. The molecule has 1 N–H and O–H groups in total. The molecule has 1 saturated carbocycles. The second-order valence-electron chi connectivity index (χ2n) is 6.49. The molecule has 3 heteroatoms. The van der Waals surface area contributed by atoms with E-state index < -0.39 is 0 Å². The van der Waals surface area contributed by atoms with Crippen molar-refractivity contribution in [2.45, 2.75) is 45.7 Å². The molecular weight excluding hydrogens is 276 g/mol. The number of hydrogen-bond acceptors (Lipinski definition) is 3. The highest BCUT2D eigenvalue weighted by Gasteiger charge is 2.23. The summed E-state index contributed by atoms with van der Waals surface area (Å²) in [4.78, 5) is 4.76. The largest absolute Gasteiger partial charge is 0.308 e. The maximum atomic E-state index is 4.76. The monoisotopic (exact) mass is 300 g/mol. The second-order valence-corrected chi connectivity index (χ2v) is 7.43. The van der Waals surface area contributed by atoms with E-state index >= 15 is 0 Å². The molecule has 0 spiro atoms. The van der Waals surface area contributed by atoms with Crippen molar-refractivity contribution in [1.29, 1.82) is 0 Å². The quantitative estimate of drug-likeness (QED) is 0.883. The molecule has 3 rings (SSSR count). The highest BCUT2D eigenvalue weighted by molar-refractivity contribution is 7.09. The van der Waals surface area contributed by atoms with Gasteiger partial charge in [0.1, 0.15) is 5.01 Å². The van der Waals surface area contributed by atoms with E-state index in [1.54, 1.807) is 11.3 Å². The van der Waals surface area contributed by atoms with Crippen molar-refractivity contribution in [2.24, 2.45) is 11.8 Å². The molecule has 1 aromatic heterocycles. The first-order valence-electron chi connectivity index (χ1n) is 7.94. The fourth-order valence-corrected chi connectivity index (χ4v) is 4.23. The van der Waals surface area contributed by atoms with Crippen molar-refractivity contribution in [2.75, 3.05) is 0 Å². The van der Waals surface area contributed by atoms with Crippen LogP contribution >= 0.6 is 11.3 Å². The molecule has 1 fully saturated rings. The highest BCUT2D eigenvalue weighted by Crippen LogP contribution is 2.29. The van der Waals surface area contributed by atoms with Crippen LogP contribution in [-0.2, 0) is 6.54 Å². The van der Waals surface area contributed by atoms with Crippen molar-refractivity contribution in [3.63, 3.8) is 0 Å². The molecule has 0 saturated heterocycles. The van der Waals surface area contributed by atoms with Crippen molar-refractivity contribution in [3.05, 3.63) is 40.7 Å². The molecular formula is C18H24N2S. The van der Waals surface area contributed by atoms with Gasteiger partial charge in [0.15, 0.2) is 0 Å². The number of rotatable bonds is 4. The van der Waals surface area contributed by atoms with Crippen LogP contribution in [-0.4, -0.2) is 11.0 Å². The van der Waals surface area contributed by atoms with Crippen molar-refractivity contribution < 1.29 is 0 Å². The normalized spacial score (nSPS) is 25.9. The molecule has 0 aliphatic heterocycles. The molecule has 0 bridgehead atoms. The van der Waals surface area contributed by atoms with Crippen molar-refractivity contribution in [1.82, 2.24) is 10.3 Å². The summed E-state index contributed by atoms with van der Waals surface area (Å²) in [7, 11) is 0. The lowest BCUT2D eigenvalue weighted by molar-refractivity contribution is 0.238. The summed E-state index contributed by atoms with van der Waals surface area (Å²) in [6, 6.07) is 11.1. The lowest BCUT2D eigenvalue weighted by atomic mass is 9.80. The van der Waals surface area contributed by atoms with Crippen molar-refractivity contribution in [3.8, 4) is 11.3 Å². The smallest absolute Gasteiger partial charge is 0.107 e. The zero-order valence-electron chi connectivity index (χ0n) is 12.9. The zero-order chi connectivity index (χ0) is 14.7. The predicted molar refractivity (Wildman–Crippen MR) is 90.4 cm³/mol. The second kappa shape index (κ2) is 6.71. The first-order chi connectivity index (χ1) is 10.2. The van der Waals surface area contributed by atoms with Crippen LogP contribution < -0.4 is 5.32 Å². The van der Waals surface area contributed by atoms with Crippen molar-refractivity contribution >= 4 is 11.3 Å². The van der Waals surface area contributed by atoms with Crippen LogP contribution in [0.5, 0.6) is 0 Å². The van der Waals surface area contributed by atoms with Gasteiger partial charge in [-0.25, -0.2) is 4.98 Å². The molecule has 2 unspecified atom stereocenters. The first-order valence-corrected chi connectivity index (χ1v) is 8.82. The molecule has 112 valence electrons. The van der Waals surface area contributed by atoms with Crippen LogP contribution in [0.15, 0.2) is 35.7 Å². The van der Waals surface area contributed by atoms with E-state index in [4.69, 9.17) is 4.98 Å². The Balaban J connectivity index is 1.58. The van der Waals surface area contributed by atoms with Crippen LogP contribution in [0.25, 0.3) is 11.3 Å². The zero-order valence-corrected chi connectivity index (χ0v) is 13.7. The van der Waals surface area contributed by atoms with Crippen LogP contribution in [0.1, 0.15) is 38.1 Å². The van der Waals surface area contributed by atoms with Gasteiger partial charge in [-0.3, -0.25) is 0 Å². The van der Waals surface area contributed by atoms with Crippen LogP contribution in [0.4, 0.5) is 0 Å². The van der Waals surface area contributed by atoms with E-state index in [2.05, 4.69) is 48.8 Å².